The molecular formula is C39H51N5O4. The number of aromatic nitrogens is 2. The van der Waals surface area contributed by atoms with Gasteiger partial charge in [-0.3, -0.25) is 9.59 Å². The van der Waals surface area contributed by atoms with E-state index < -0.39 is 11.9 Å². The molecule has 1 aromatic heterocycles. The number of rotatable bonds is 9. The van der Waals surface area contributed by atoms with Gasteiger partial charge in [-0.25, -0.2) is 9.97 Å². The second-order valence-electron chi connectivity index (χ2n) is 14.2. The molecule has 4 heterocycles. The smallest absolute Gasteiger partial charge is 0.311 e. The summed E-state index contributed by atoms with van der Waals surface area (Å²) in [5.41, 5.74) is 5.63. The monoisotopic (exact) mass is 653 g/mol. The molecule has 3 saturated heterocycles. The van der Waals surface area contributed by atoms with Crippen molar-refractivity contribution < 1.29 is 19.4 Å². The van der Waals surface area contributed by atoms with Crippen molar-refractivity contribution in [3.05, 3.63) is 88.9 Å². The second-order valence-corrected chi connectivity index (χ2v) is 14.2. The van der Waals surface area contributed by atoms with Crippen LogP contribution in [-0.4, -0.2) is 87.7 Å². The standard InChI is InChI=1S/C39H51N5O4/c1-5-26(2)13-14-27(3)34-12-8-9-30(48-34)24-40-36-28(4)35(41-25-42-36)37(45)44-19-15-29(16-20-44)43-21-17-39(18-22-43)23-32(38(46)47)31-10-6-7-11-33(31)39/h5-7,10-11,13-14,25,29-30,32,34H,3,8-9,12,15-24H2,1-2,4H3,(H,46,47)(H,40,41,42)/b14-13-,26-5-/t30-,32?,34+/m0/s1. The first kappa shape index (κ1) is 34.1. The fourth-order valence-electron chi connectivity index (χ4n) is 8.31. The molecule has 0 radical (unpaired) electrons. The van der Waals surface area contributed by atoms with E-state index >= 15 is 0 Å². The lowest BCUT2D eigenvalue weighted by Gasteiger charge is -2.45. The minimum Gasteiger partial charge on any atom is -0.481 e. The van der Waals surface area contributed by atoms with Crippen molar-refractivity contribution in [1.29, 1.82) is 0 Å². The fraction of sp³-hybridized carbons (Fsp3) is 0.538. The van der Waals surface area contributed by atoms with Crippen LogP contribution >= 0.6 is 0 Å². The topological polar surface area (TPSA) is 108 Å². The van der Waals surface area contributed by atoms with Gasteiger partial charge < -0.3 is 25.0 Å². The van der Waals surface area contributed by atoms with Gasteiger partial charge in [-0.15, -0.1) is 0 Å². The SMILES string of the molecule is C=C(/C=C\C(C)=C/C)[C@H]1CCC[C@@H](CNc2ncnc(C(=O)N3CCC(N4CCC5(CC4)CC(C(=O)O)c4ccccc45)CC3)c2C)O1. The van der Waals surface area contributed by atoms with Gasteiger partial charge in [0, 0.05) is 31.2 Å². The number of amides is 1. The lowest BCUT2D eigenvalue weighted by atomic mass is 9.73. The molecule has 6 rings (SSSR count). The summed E-state index contributed by atoms with van der Waals surface area (Å²) in [5.74, 6) is -0.470. The van der Waals surface area contributed by atoms with E-state index in [4.69, 9.17) is 4.74 Å². The Morgan fingerprint density at radius 3 is 2.56 bits per heavy atom. The molecule has 1 aliphatic carbocycles. The highest BCUT2D eigenvalue weighted by molar-refractivity contribution is 5.94. The molecule has 2 N–H and O–H groups in total. The highest BCUT2D eigenvalue weighted by Crippen LogP contribution is 2.52. The summed E-state index contributed by atoms with van der Waals surface area (Å²) in [4.78, 5) is 39.1. The largest absolute Gasteiger partial charge is 0.481 e. The average molecular weight is 654 g/mol. The Hall–Kier alpha value is -3.82. The van der Waals surface area contributed by atoms with Crippen LogP contribution in [-0.2, 0) is 14.9 Å². The number of fused-ring (bicyclic) bond motifs is 2. The van der Waals surface area contributed by atoms with E-state index in [1.54, 1.807) is 0 Å². The van der Waals surface area contributed by atoms with Gasteiger partial charge in [0.05, 0.1) is 18.1 Å². The predicted octanol–water partition coefficient (Wildman–Crippen LogP) is 6.42. The van der Waals surface area contributed by atoms with Gasteiger partial charge in [0.2, 0.25) is 0 Å². The Labute approximate surface area is 285 Å². The number of likely N-dealkylation sites (tertiary alicyclic amines) is 2. The van der Waals surface area contributed by atoms with E-state index in [1.807, 2.05) is 36.9 Å². The van der Waals surface area contributed by atoms with Crippen LogP contribution in [0.4, 0.5) is 5.82 Å². The molecule has 0 saturated carbocycles. The molecule has 3 aliphatic heterocycles. The van der Waals surface area contributed by atoms with Crippen LogP contribution in [0.1, 0.15) is 98.3 Å². The minimum absolute atomic E-state index is 0.00721. The van der Waals surface area contributed by atoms with Crippen molar-refractivity contribution in [3.8, 4) is 0 Å². The number of nitrogens with zero attached hydrogens (tertiary/aromatic N) is 4. The number of hydrogen-bond donors (Lipinski definition) is 2. The zero-order valence-corrected chi connectivity index (χ0v) is 28.8. The van der Waals surface area contributed by atoms with Crippen LogP contribution in [0, 0.1) is 6.92 Å². The van der Waals surface area contributed by atoms with E-state index in [0.29, 0.717) is 43.6 Å². The van der Waals surface area contributed by atoms with E-state index in [-0.39, 0.29) is 23.5 Å². The van der Waals surface area contributed by atoms with E-state index in [0.717, 1.165) is 74.7 Å². The van der Waals surface area contributed by atoms with Gasteiger partial charge in [-0.05, 0) is 107 Å². The van der Waals surface area contributed by atoms with Gasteiger partial charge in [-0.1, -0.05) is 54.6 Å². The summed E-state index contributed by atoms with van der Waals surface area (Å²) < 4.78 is 6.39. The number of aliphatic carboxylic acids is 1. The Kier molecular flexibility index (Phi) is 10.5. The summed E-state index contributed by atoms with van der Waals surface area (Å²) in [6.07, 6.45) is 15.3. The Balaban J connectivity index is 0.999. The number of anilines is 1. The predicted molar refractivity (Wildman–Crippen MR) is 188 cm³/mol. The number of hydrogen-bond acceptors (Lipinski definition) is 7. The van der Waals surface area contributed by atoms with Gasteiger partial charge in [0.25, 0.3) is 5.91 Å². The van der Waals surface area contributed by atoms with E-state index in [1.165, 1.54) is 17.5 Å². The molecule has 9 heteroatoms. The summed E-state index contributed by atoms with van der Waals surface area (Å²) >= 11 is 0. The maximum atomic E-state index is 13.7. The molecule has 1 aromatic carbocycles. The lowest BCUT2D eigenvalue weighted by Crippen LogP contribution is -2.51. The molecular weight excluding hydrogens is 602 g/mol. The number of carbonyl (C=O) groups is 2. The fourth-order valence-corrected chi connectivity index (χ4v) is 8.31. The molecule has 3 atom stereocenters. The van der Waals surface area contributed by atoms with Crippen LogP contribution < -0.4 is 5.32 Å². The third kappa shape index (κ3) is 7.13. The van der Waals surface area contributed by atoms with E-state index in [9.17, 15) is 14.7 Å². The van der Waals surface area contributed by atoms with Gasteiger partial charge in [0.15, 0.2) is 0 Å². The maximum absolute atomic E-state index is 13.7. The maximum Gasteiger partial charge on any atom is 0.311 e. The number of benzene rings is 1. The Morgan fingerprint density at radius 1 is 1.08 bits per heavy atom. The van der Waals surface area contributed by atoms with Crippen molar-refractivity contribution in [2.45, 2.75) is 102 Å². The third-order valence-electron chi connectivity index (χ3n) is 11.4. The van der Waals surface area contributed by atoms with Crippen molar-refractivity contribution in [1.82, 2.24) is 19.8 Å². The van der Waals surface area contributed by atoms with Gasteiger partial charge in [0.1, 0.15) is 17.8 Å². The number of nitrogens with one attached hydrogen (secondary N) is 1. The summed E-state index contributed by atoms with van der Waals surface area (Å²) in [7, 11) is 0. The van der Waals surface area contributed by atoms with Crippen molar-refractivity contribution >= 4 is 17.7 Å². The number of ether oxygens (including phenoxy) is 1. The third-order valence-corrected chi connectivity index (χ3v) is 11.4. The highest BCUT2D eigenvalue weighted by atomic mass is 16.5. The number of allylic oxidation sites excluding steroid dienone is 3. The van der Waals surface area contributed by atoms with Gasteiger partial charge in [-0.2, -0.15) is 0 Å². The molecule has 1 spiro atoms. The van der Waals surface area contributed by atoms with Crippen LogP contribution in [0.15, 0.2) is 66.5 Å². The zero-order chi connectivity index (χ0) is 33.8. The molecule has 4 aliphatic rings. The van der Waals surface area contributed by atoms with Crippen LogP contribution in [0.5, 0.6) is 0 Å². The number of carboxylic acids is 1. The Bertz CT molecular complexity index is 1570. The van der Waals surface area contributed by atoms with E-state index in [2.05, 4.69) is 58.0 Å². The first-order valence-corrected chi connectivity index (χ1v) is 17.8. The molecule has 3 fully saturated rings. The number of carbonyl (C=O) groups excluding carboxylic acids is 1. The second kappa shape index (κ2) is 14.7. The molecule has 1 unspecified atom stereocenters. The number of carboxylic acid groups (broad SMARTS) is 1. The summed E-state index contributed by atoms with van der Waals surface area (Å²) in [6, 6.07) is 8.60. The van der Waals surface area contributed by atoms with Crippen molar-refractivity contribution in [2.75, 3.05) is 38.0 Å². The quantitative estimate of drug-likeness (QED) is 0.299. The molecule has 9 nitrogen and oxygen atoms in total. The molecule has 48 heavy (non-hydrogen) atoms. The normalized spacial score (nSPS) is 24.9. The first-order chi connectivity index (χ1) is 23.2. The van der Waals surface area contributed by atoms with Crippen molar-refractivity contribution in [3.63, 3.8) is 0 Å². The number of piperidine rings is 2. The summed E-state index contributed by atoms with van der Waals surface area (Å²) in [5, 5.41) is 13.3. The summed E-state index contributed by atoms with van der Waals surface area (Å²) in [6.45, 7) is 14.2. The minimum atomic E-state index is -0.710. The highest BCUT2D eigenvalue weighted by Gasteiger charge is 2.48. The molecule has 2 aromatic rings. The first-order valence-electron chi connectivity index (χ1n) is 17.8. The molecule has 1 amide bonds. The lowest BCUT2D eigenvalue weighted by molar-refractivity contribution is -0.139. The van der Waals surface area contributed by atoms with Crippen molar-refractivity contribution in [2.24, 2.45) is 0 Å². The zero-order valence-electron chi connectivity index (χ0n) is 28.8. The van der Waals surface area contributed by atoms with Crippen LogP contribution in [0.3, 0.4) is 0 Å². The van der Waals surface area contributed by atoms with Crippen LogP contribution in [0.25, 0.3) is 0 Å². The Morgan fingerprint density at radius 2 is 1.83 bits per heavy atom. The molecule has 0 bridgehead atoms. The van der Waals surface area contributed by atoms with Crippen LogP contribution in [0.2, 0.25) is 0 Å². The average Bonchev–Trinajstić information content (AvgIpc) is 3.44. The van der Waals surface area contributed by atoms with Gasteiger partial charge >= 0.3 is 5.97 Å². The molecule has 256 valence electrons.